The molecule has 0 aromatic heterocycles. The van der Waals surface area contributed by atoms with Crippen LogP contribution < -0.4 is 9.47 Å². The summed E-state index contributed by atoms with van der Waals surface area (Å²) < 4.78 is 52.1. The highest BCUT2D eigenvalue weighted by atomic mass is 19.2. The smallest absolute Gasteiger partial charge is 0.200 e. The van der Waals surface area contributed by atoms with E-state index in [2.05, 4.69) is 6.58 Å². The Morgan fingerprint density at radius 3 is 2.18 bits per heavy atom. The van der Waals surface area contributed by atoms with E-state index in [0.717, 1.165) is 11.1 Å². The first-order valence-electron chi connectivity index (χ1n) is 8.69. The van der Waals surface area contributed by atoms with Gasteiger partial charge in [-0.05, 0) is 47.4 Å². The predicted octanol–water partition coefficient (Wildman–Crippen LogP) is 6.22. The third-order valence-electron chi connectivity index (χ3n) is 4.21. The largest absolute Gasteiger partial charge is 0.486 e. The van der Waals surface area contributed by atoms with Gasteiger partial charge in [0.2, 0.25) is 5.82 Å². The van der Waals surface area contributed by atoms with Crippen molar-refractivity contribution in [1.29, 1.82) is 0 Å². The maximum absolute atomic E-state index is 14.1. The molecule has 0 heterocycles. The van der Waals surface area contributed by atoms with Crippen molar-refractivity contribution in [2.24, 2.45) is 0 Å². The van der Waals surface area contributed by atoms with Crippen LogP contribution in [0.1, 0.15) is 11.1 Å². The van der Waals surface area contributed by atoms with E-state index in [9.17, 15) is 13.2 Å². The summed E-state index contributed by atoms with van der Waals surface area (Å²) in [6.07, 6.45) is 1.55. The van der Waals surface area contributed by atoms with E-state index >= 15 is 0 Å². The second-order valence-electron chi connectivity index (χ2n) is 6.24. The van der Waals surface area contributed by atoms with E-state index in [-0.39, 0.29) is 30.3 Å². The number of halogens is 3. The summed E-state index contributed by atoms with van der Waals surface area (Å²) in [5, 5.41) is 0. The molecule has 5 heteroatoms. The minimum Gasteiger partial charge on any atom is -0.486 e. The molecule has 0 N–H and O–H groups in total. The lowest BCUT2D eigenvalue weighted by atomic mass is 10.0. The van der Waals surface area contributed by atoms with Gasteiger partial charge in [0, 0.05) is 0 Å². The Morgan fingerprint density at radius 1 is 0.821 bits per heavy atom. The van der Waals surface area contributed by atoms with E-state index < -0.39 is 17.5 Å². The summed E-state index contributed by atoms with van der Waals surface area (Å²) in [6, 6.07) is 14.8. The van der Waals surface area contributed by atoms with Crippen LogP contribution in [-0.2, 0) is 6.61 Å². The maximum atomic E-state index is 14.1. The van der Waals surface area contributed by atoms with Gasteiger partial charge in [-0.1, -0.05) is 49.1 Å². The van der Waals surface area contributed by atoms with Gasteiger partial charge in [-0.25, -0.2) is 8.78 Å². The second kappa shape index (κ2) is 8.65. The molecule has 0 bridgehead atoms. The molecule has 2 nitrogen and oxygen atoms in total. The van der Waals surface area contributed by atoms with Crippen molar-refractivity contribution in [3.05, 3.63) is 95.8 Å². The number of hydrogen-bond acceptors (Lipinski definition) is 2. The number of aryl methyl sites for hydroxylation is 1. The van der Waals surface area contributed by atoms with Crippen LogP contribution in [0.3, 0.4) is 0 Å². The molecule has 144 valence electrons. The highest BCUT2D eigenvalue weighted by Gasteiger charge is 2.12. The SMILES string of the molecule is C=CCOc1ccc(-c2ccc(COc3ccc(C)c(F)c3F)cc2)cc1F. The number of benzene rings is 3. The minimum atomic E-state index is -0.995. The fourth-order valence-corrected chi connectivity index (χ4v) is 2.64. The fourth-order valence-electron chi connectivity index (χ4n) is 2.64. The Hall–Kier alpha value is -3.21. The van der Waals surface area contributed by atoms with Gasteiger partial charge in [-0.2, -0.15) is 4.39 Å². The van der Waals surface area contributed by atoms with Crippen LogP contribution in [0.2, 0.25) is 0 Å². The second-order valence-corrected chi connectivity index (χ2v) is 6.24. The third kappa shape index (κ3) is 4.36. The maximum Gasteiger partial charge on any atom is 0.200 e. The summed E-state index contributed by atoms with van der Waals surface area (Å²) in [5.74, 6) is -2.32. The van der Waals surface area contributed by atoms with Gasteiger partial charge in [0.1, 0.15) is 13.2 Å². The molecule has 0 saturated carbocycles. The van der Waals surface area contributed by atoms with Crippen molar-refractivity contribution < 1.29 is 22.6 Å². The molecule has 0 aliphatic carbocycles. The zero-order valence-corrected chi connectivity index (χ0v) is 15.3. The first-order valence-corrected chi connectivity index (χ1v) is 8.69. The molecule has 3 aromatic rings. The molecule has 0 aliphatic heterocycles. The zero-order chi connectivity index (χ0) is 20.1. The first kappa shape index (κ1) is 19.5. The Kier molecular flexibility index (Phi) is 6.04. The zero-order valence-electron chi connectivity index (χ0n) is 15.3. The minimum absolute atomic E-state index is 0.0857. The summed E-state index contributed by atoms with van der Waals surface area (Å²) >= 11 is 0. The monoisotopic (exact) mass is 384 g/mol. The number of hydrogen-bond donors (Lipinski definition) is 0. The van der Waals surface area contributed by atoms with Gasteiger partial charge < -0.3 is 9.47 Å². The van der Waals surface area contributed by atoms with Crippen LogP contribution in [0, 0.1) is 24.4 Å². The molecule has 0 spiro atoms. The van der Waals surface area contributed by atoms with E-state index in [1.54, 1.807) is 30.3 Å². The quantitative estimate of drug-likeness (QED) is 0.450. The van der Waals surface area contributed by atoms with Crippen LogP contribution in [0.25, 0.3) is 11.1 Å². The summed E-state index contributed by atoms with van der Waals surface area (Å²) in [5.41, 5.74) is 2.51. The normalized spacial score (nSPS) is 10.6. The lowest BCUT2D eigenvalue weighted by Gasteiger charge is -2.10. The molecular weight excluding hydrogens is 365 g/mol. The fraction of sp³-hybridized carbons (Fsp3) is 0.130. The van der Waals surface area contributed by atoms with Gasteiger partial charge in [0.05, 0.1) is 0 Å². The van der Waals surface area contributed by atoms with Crippen LogP contribution in [-0.4, -0.2) is 6.61 Å². The molecule has 28 heavy (non-hydrogen) atoms. The van der Waals surface area contributed by atoms with Gasteiger partial charge in [0.25, 0.3) is 0 Å². The van der Waals surface area contributed by atoms with Crippen molar-refractivity contribution in [2.75, 3.05) is 6.61 Å². The van der Waals surface area contributed by atoms with E-state index in [1.807, 2.05) is 12.1 Å². The van der Waals surface area contributed by atoms with Crippen molar-refractivity contribution in [3.63, 3.8) is 0 Å². The van der Waals surface area contributed by atoms with Crippen molar-refractivity contribution in [1.82, 2.24) is 0 Å². The third-order valence-corrected chi connectivity index (χ3v) is 4.21. The molecule has 0 amide bonds. The highest BCUT2D eigenvalue weighted by molar-refractivity contribution is 5.64. The molecule has 0 radical (unpaired) electrons. The standard InChI is InChI=1S/C23H19F3O2/c1-3-12-27-20-11-9-18(13-19(20)24)17-7-5-16(6-8-17)14-28-21-10-4-15(2)22(25)23(21)26/h3-11,13H,1,12,14H2,2H3. The summed E-state index contributed by atoms with van der Waals surface area (Å²) in [7, 11) is 0. The molecule has 0 atom stereocenters. The molecule has 0 unspecified atom stereocenters. The predicted molar refractivity (Wildman–Crippen MR) is 103 cm³/mol. The average molecular weight is 384 g/mol. The highest BCUT2D eigenvalue weighted by Crippen LogP contribution is 2.27. The first-order chi connectivity index (χ1) is 13.5. The number of ether oxygens (including phenoxy) is 2. The van der Waals surface area contributed by atoms with E-state index in [1.165, 1.54) is 25.1 Å². The molecule has 0 saturated heterocycles. The Balaban J connectivity index is 1.69. The van der Waals surface area contributed by atoms with Gasteiger partial charge in [-0.3, -0.25) is 0 Å². The molecule has 0 aliphatic rings. The van der Waals surface area contributed by atoms with Crippen molar-refractivity contribution >= 4 is 0 Å². The van der Waals surface area contributed by atoms with Crippen molar-refractivity contribution in [3.8, 4) is 22.6 Å². The van der Waals surface area contributed by atoms with E-state index in [4.69, 9.17) is 9.47 Å². The number of rotatable bonds is 7. The van der Waals surface area contributed by atoms with Crippen LogP contribution in [0.5, 0.6) is 11.5 Å². The van der Waals surface area contributed by atoms with Gasteiger partial charge >= 0.3 is 0 Å². The van der Waals surface area contributed by atoms with Crippen LogP contribution in [0.4, 0.5) is 13.2 Å². The van der Waals surface area contributed by atoms with Gasteiger partial charge in [0.15, 0.2) is 23.1 Å². The summed E-state index contributed by atoms with van der Waals surface area (Å²) in [4.78, 5) is 0. The Bertz CT molecular complexity index is 982. The Labute approximate surface area is 161 Å². The molecule has 3 aromatic carbocycles. The van der Waals surface area contributed by atoms with Crippen LogP contribution >= 0.6 is 0 Å². The topological polar surface area (TPSA) is 18.5 Å². The lowest BCUT2D eigenvalue weighted by Crippen LogP contribution is -2.00. The van der Waals surface area contributed by atoms with Crippen LogP contribution in [0.15, 0.2) is 67.3 Å². The van der Waals surface area contributed by atoms with Gasteiger partial charge in [-0.15, -0.1) is 0 Å². The molecular formula is C23H19F3O2. The summed E-state index contributed by atoms with van der Waals surface area (Å²) in [6.45, 7) is 5.34. The van der Waals surface area contributed by atoms with Crippen molar-refractivity contribution in [2.45, 2.75) is 13.5 Å². The average Bonchev–Trinajstić information content (AvgIpc) is 2.71. The van der Waals surface area contributed by atoms with E-state index in [0.29, 0.717) is 5.56 Å². The molecule has 0 fully saturated rings. The lowest BCUT2D eigenvalue weighted by molar-refractivity contribution is 0.284. The Morgan fingerprint density at radius 2 is 1.50 bits per heavy atom. The molecule has 3 rings (SSSR count).